The molecule has 0 atom stereocenters. The molecule has 4 rings (SSSR count). The van der Waals surface area contributed by atoms with Crippen molar-refractivity contribution in [3.05, 3.63) is 33.6 Å². The molecule has 0 aliphatic rings. The van der Waals surface area contributed by atoms with E-state index in [9.17, 15) is 31.2 Å². The Hall–Kier alpha value is -5.71. The zero-order chi connectivity index (χ0) is 21.4. The van der Waals surface area contributed by atoms with Crippen molar-refractivity contribution in [2.45, 2.75) is 0 Å². The Labute approximate surface area is 164 Å². The number of aromatic nitrogens is 6. The molecule has 13 nitrogen and oxygen atoms in total. The fourth-order valence-corrected chi connectivity index (χ4v) is 2.97. The van der Waals surface area contributed by atoms with Crippen molar-refractivity contribution < 1.29 is 0 Å². The first kappa shape index (κ1) is 17.7. The minimum atomic E-state index is -0.594. The molecule has 4 aromatic rings. The Bertz CT molecular complexity index is 1620. The van der Waals surface area contributed by atoms with Gasteiger partial charge >= 0.3 is 0 Å². The third-order valence-electron chi connectivity index (χ3n) is 4.03. The summed E-state index contributed by atoms with van der Waals surface area (Å²) in [5, 5.41) is 49.7. The predicted molar refractivity (Wildman–Crippen MR) is 94.8 cm³/mol. The molecule has 13 heteroatoms. The van der Waals surface area contributed by atoms with Gasteiger partial charge in [0.2, 0.25) is 11.6 Å². The standard InChI is InChI=1S/C17N12O/c18-1-6-11-14-12(7(2-19)24-10(5-22)26-14)16-13(15(11)27-9(4-21)23-6)8(3-20)25-17(28-16)29-30. The van der Waals surface area contributed by atoms with Gasteiger partial charge in [-0.1, -0.05) is 0 Å². The smallest absolute Gasteiger partial charge is 0.218 e. The van der Waals surface area contributed by atoms with Crippen molar-refractivity contribution in [3.8, 4) is 30.3 Å². The molecule has 0 amide bonds. The highest BCUT2D eigenvalue weighted by molar-refractivity contribution is 6.24. The van der Waals surface area contributed by atoms with Crippen LogP contribution in [0.4, 0.5) is 5.95 Å². The number of benzene rings is 1. The lowest BCUT2D eigenvalue weighted by Gasteiger charge is -2.11. The third-order valence-corrected chi connectivity index (χ3v) is 4.03. The van der Waals surface area contributed by atoms with E-state index in [-0.39, 0.29) is 61.4 Å². The summed E-state index contributed by atoms with van der Waals surface area (Å²) in [7, 11) is 0. The summed E-state index contributed by atoms with van der Waals surface area (Å²) < 4.78 is 0. The van der Waals surface area contributed by atoms with Crippen molar-refractivity contribution in [3.63, 3.8) is 0 Å². The van der Waals surface area contributed by atoms with E-state index in [0.29, 0.717) is 0 Å². The quantitative estimate of drug-likeness (QED) is 0.331. The molecule has 0 aliphatic carbocycles. The summed E-state index contributed by atoms with van der Waals surface area (Å²) in [5.74, 6) is -1.35. The molecule has 0 spiro atoms. The van der Waals surface area contributed by atoms with E-state index in [1.54, 1.807) is 24.3 Å². The molecular formula is C17N12O. The Kier molecular flexibility index (Phi) is 3.82. The van der Waals surface area contributed by atoms with Crippen molar-refractivity contribution in [2.24, 2.45) is 5.18 Å². The van der Waals surface area contributed by atoms with Crippen LogP contribution >= 0.6 is 0 Å². The molecule has 0 fully saturated rings. The topological polar surface area (TPSA) is 226 Å². The second kappa shape index (κ2) is 6.47. The van der Waals surface area contributed by atoms with Gasteiger partial charge < -0.3 is 0 Å². The van der Waals surface area contributed by atoms with Gasteiger partial charge in [0, 0.05) is 5.18 Å². The van der Waals surface area contributed by atoms with Crippen LogP contribution in [-0.4, -0.2) is 29.9 Å². The summed E-state index contributed by atoms with van der Waals surface area (Å²) in [6.07, 6.45) is 0. The maximum absolute atomic E-state index is 11.0. The maximum Gasteiger partial charge on any atom is 0.292 e. The lowest BCUT2D eigenvalue weighted by Crippen LogP contribution is -2.04. The van der Waals surface area contributed by atoms with Crippen LogP contribution in [-0.2, 0) is 0 Å². The molecular weight excluding hydrogens is 388 g/mol. The fourth-order valence-electron chi connectivity index (χ4n) is 2.97. The van der Waals surface area contributed by atoms with E-state index >= 15 is 0 Å². The number of nitroso groups, excluding NO2 is 1. The van der Waals surface area contributed by atoms with Gasteiger partial charge in [-0.15, -0.1) is 4.91 Å². The van der Waals surface area contributed by atoms with Gasteiger partial charge in [0.15, 0.2) is 17.1 Å². The van der Waals surface area contributed by atoms with Gasteiger partial charge in [0.25, 0.3) is 5.95 Å². The summed E-state index contributed by atoms with van der Waals surface area (Å²) in [6, 6.07) is 8.82. The van der Waals surface area contributed by atoms with Crippen molar-refractivity contribution >= 4 is 38.7 Å². The lowest BCUT2D eigenvalue weighted by atomic mass is 10.0. The van der Waals surface area contributed by atoms with E-state index in [2.05, 4.69) is 35.1 Å². The first-order valence-electron chi connectivity index (χ1n) is 7.71. The first-order valence-corrected chi connectivity index (χ1v) is 7.71. The highest BCUT2D eigenvalue weighted by Gasteiger charge is 2.24. The summed E-state index contributed by atoms with van der Waals surface area (Å²) >= 11 is 0. The van der Waals surface area contributed by atoms with E-state index in [1.165, 1.54) is 0 Å². The van der Waals surface area contributed by atoms with Crippen LogP contribution in [0.2, 0.25) is 0 Å². The van der Waals surface area contributed by atoms with Crippen molar-refractivity contribution in [1.29, 1.82) is 26.3 Å². The molecule has 0 radical (unpaired) electrons. The number of rotatable bonds is 1. The molecule has 0 N–H and O–H groups in total. The van der Waals surface area contributed by atoms with Gasteiger partial charge in [-0.3, -0.25) is 0 Å². The average Bonchev–Trinajstić information content (AvgIpc) is 2.81. The second-order valence-corrected chi connectivity index (χ2v) is 5.48. The van der Waals surface area contributed by atoms with E-state index < -0.39 is 5.95 Å². The van der Waals surface area contributed by atoms with Crippen LogP contribution in [0.15, 0.2) is 5.18 Å². The van der Waals surface area contributed by atoms with Crippen LogP contribution < -0.4 is 0 Å². The molecule has 30 heavy (non-hydrogen) atoms. The van der Waals surface area contributed by atoms with Gasteiger partial charge in [-0.2, -0.15) is 31.3 Å². The molecule has 1 aromatic carbocycles. The monoisotopic (exact) mass is 388 g/mol. The van der Waals surface area contributed by atoms with Crippen LogP contribution in [0.1, 0.15) is 28.7 Å². The van der Waals surface area contributed by atoms with Gasteiger partial charge in [0.05, 0.1) is 32.7 Å². The Morgan fingerprint density at radius 1 is 0.533 bits per heavy atom. The molecule has 0 saturated heterocycles. The minimum absolute atomic E-state index is 0.0266. The molecule has 0 unspecified atom stereocenters. The summed E-state index contributed by atoms with van der Waals surface area (Å²) in [6.45, 7) is 0. The number of nitrogens with zero attached hydrogens (tertiary/aromatic N) is 12. The van der Waals surface area contributed by atoms with Crippen molar-refractivity contribution in [1.82, 2.24) is 29.9 Å². The van der Waals surface area contributed by atoms with Crippen LogP contribution in [0, 0.1) is 61.6 Å². The average molecular weight is 388 g/mol. The van der Waals surface area contributed by atoms with Crippen LogP contribution in [0.3, 0.4) is 0 Å². The molecule has 3 aromatic heterocycles. The van der Waals surface area contributed by atoms with Gasteiger partial charge in [0.1, 0.15) is 30.3 Å². The van der Waals surface area contributed by atoms with Gasteiger partial charge in [-0.05, 0) is 0 Å². The Morgan fingerprint density at radius 2 is 0.933 bits per heavy atom. The van der Waals surface area contributed by atoms with Crippen LogP contribution in [0.5, 0.6) is 0 Å². The number of hydrogen-bond donors (Lipinski definition) is 0. The summed E-state index contributed by atoms with van der Waals surface area (Å²) in [5.41, 5.74) is -1.19. The highest BCUT2D eigenvalue weighted by atomic mass is 16.3. The fraction of sp³-hybridized carbons (Fsp3) is 0. The Morgan fingerprint density at radius 3 is 1.30 bits per heavy atom. The molecule has 0 aliphatic heterocycles. The number of fused-ring (bicyclic) bond motifs is 6. The van der Waals surface area contributed by atoms with Crippen LogP contribution in [0.25, 0.3) is 32.7 Å². The zero-order valence-corrected chi connectivity index (χ0v) is 14.3. The normalized spacial score (nSPS) is 9.97. The number of nitriles is 5. The van der Waals surface area contributed by atoms with E-state index in [0.717, 1.165) is 0 Å². The van der Waals surface area contributed by atoms with Crippen molar-refractivity contribution in [2.75, 3.05) is 0 Å². The Balaban J connectivity index is 2.54. The molecule has 3 heterocycles. The third kappa shape index (κ3) is 2.30. The molecule has 134 valence electrons. The number of hydrogen-bond acceptors (Lipinski definition) is 13. The highest BCUT2D eigenvalue weighted by Crippen LogP contribution is 2.36. The minimum Gasteiger partial charge on any atom is -0.218 e. The largest absolute Gasteiger partial charge is 0.292 e. The maximum atomic E-state index is 11.0. The van der Waals surface area contributed by atoms with E-state index in [1.807, 2.05) is 6.07 Å². The lowest BCUT2D eigenvalue weighted by molar-refractivity contribution is 1.11. The second-order valence-electron chi connectivity index (χ2n) is 5.48. The van der Waals surface area contributed by atoms with E-state index in [4.69, 9.17) is 0 Å². The first-order chi connectivity index (χ1) is 14.6. The van der Waals surface area contributed by atoms with Gasteiger partial charge in [-0.25, -0.2) is 24.9 Å². The zero-order valence-electron chi connectivity index (χ0n) is 14.3. The summed E-state index contributed by atoms with van der Waals surface area (Å²) in [4.78, 5) is 34.6. The molecule has 0 bridgehead atoms. The molecule has 0 saturated carbocycles. The predicted octanol–water partition coefficient (Wildman–Crippen LogP) is 1.27. The SMILES string of the molecule is N#Cc1nc(C#N)c2c(n1)c1c(C#N)nc(C#N)nc1c1c(C#N)nc(N=O)nc21.